The fourth-order valence-corrected chi connectivity index (χ4v) is 4.01. The number of carbonyl (C=O) groups is 1. The van der Waals surface area contributed by atoms with Gasteiger partial charge in [-0.25, -0.2) is 4.68 Å². The molecule has 0 radical (unpaired) electrons. The number of benzene rings is 1. The Morgan fingerprint density at radius 1 is 1.10 bits per heavy atom. The molecule has 3 aromatic heterocycles. The van der Waals surface area contributed by atoms with E-state index in [-0.39, 0.29) is 11.5 Å². The monoisotopic (exact) mass is 407 g/mol. The lowest BCUT2D eigenvalue weighted by molar-refractivity contribution is 0.102. The van der Waals surface area contributed by atoms with Crippen LogP contribution < -0.4 is 0 Å². The normalized spacial score (nSPS) is 11.1. The summed E-state index contributed by atoms with van der Waals surface area (Å²) in [6.45, 7) is 5.15. The van der Waals surface area contributed by atoms with Gasteiger partial charge in [0.05, 0.1) is 25.1 Å². The maximum absolute atomic E-state index is 12.9. The summed E-state index contributed by atoms with van der Waals surface area (Å²) in [6, 6.07) is 15.7. The molecule has 7 nitrogen and oxygen atoms in total. The van der Waals surface area contributed by atoms with E-state index in [1.54, 1.807) is 10.9 Å². The molecule has 0 fully saturated rings. The van der Waals surface area contributed by atoms with Gasteiger partial charge in [0.15, 0.2) is 5.78 Å². The second-order valence-corrected chi connectivity index (χ2v) is 7.71. The first kappa shape index (κ1) is 19.2. The van der Waals surface area contributed by atoms with E-state index in [4.69, 9.17) is 4.42 Å². The first-order valence-corrected chi connectivity index (χ1v) is 10.3. The Hall–Kier alpha value is -3.13. The Kier molecular flexibility index (Phi) is 5.62. The van der Waals surface area contributed by atoms with Crippen molar-refractivity contribution in [1.29, 1.82) is 0 Å². The van der Waals surface area contributed by atoms with Gasteiger partial charge < -0.3 is 8.98 Å². The molecular formula is C21H21N5O2S. The number of Topliss-reactive ketones (excluding diaryl/α,β-unsaturated/α-hetero) is 1. The minimum absolute atomic E-state index is 0.0584. The van der Waals surface area contributed by atoms with Crippen molar-refractivity contribution in [3.8, 4) is 0 Å². The molecule has 0 unspecified atom stereocenters. The molecule has 3 heterocycles. The van der Waals surface area contributed by atoms with Gasteiger partial charge in [-0.2, -0.15) is 0 Å². The van der Waals surface area contributed by atoms with E-state index < -0.39 is 0 Å². The van der Waals surface area contributed by atoms with Gasteiger partial charge in [-0.15, -0.1) is 5.10 Å². The molecule has 4 aromatic rings. The first-order chi connectivity index (χ1) is 14.1. The topological polar surface area (TPSA) is 78.7 Å². The summed E-state index contributed by atoms with van der Waals surface area (Å²) in [5, 5.41) is 12.5. The maximum Gasteiger partial charge on any atom is 0.210 e. The highest BCUT2D eigenvalue weighted by atomic mass is 32.2. The molecule has 0 N–H and O–H groups in total. The van der Waals surface area contributed by atoms with E-state index >= 15 is 0 Å². The quantitative estimate of drug-likeness (QED) is 0.327. The molecule has 4 rings (SSSR count). The standard InChI is InChI=1S/C21H21N5O2S/c1-15-11-19(16(2)25(15)13-18-9-6-10-28-18)20(27)14-29-21-22-23-24-26(21)12-17-7-4-3-5-8-17/h3-11H,12-14H2,1-2H3. The smallest absolute Gasteiger partial charge is 0.210 e. The molecule has 29 heavy (non-hydrogen) atoms. The van der Waals surface area contributed by atoms with Crippen LogP contribution >= 0.6 is 11.8 Å². The average molecular weight is 407 g/mol. The number of ketones is 1. The number of nitrogens with zero attached hydrogens (tertiary/aromatic N) is 5. The van der Waals surface area contributed by atoms with Crippen molar-refractivity contribution in [2.24, 2.45) is 0 Å². The largest absolute Gasteiger partial charge is 0.467 e. The third kappa shape index (κ3) is 4.32. The Balaban J connectivity index is 1.44. The summed E-state index contributed by atoms with van der Waals surface area (Å²) in [5.74, 6) is 1.20. The Morgan fingerprint density at radius 2 is 1.93 bits per heavy atom. The van der Waals surface area contributed by atoms with Crippen LogP contribution in [0.25, 0.3) is 0 Å². The SMILES string of the molecule is Cc1cc(C(=O)CSc2nnnn2Cc2ccccc2)c(C)n1Cc1ccco1. The summed E-state index contributed by atoms with van der Waals surface area (Å²) >= 11 is 1.35. The first-order valence-electron chi connectivity index (χ1n) is 9.27. The predicted molar refractivity (Wildman–Crippen MR) is 110 cm³/mol. The molecule has 0 atom stereocenters. The van der Waals surface area contributed by atoms with Gasteiger partial charge in [0.1, 0.15) is 5.76 Å². The van der Waals surface area contributed by atoms with Crippen molar-refractivity contribution in [1.82, 2.24) is 24.8 Å². The van der Waals surface area contributed by atoms with E-state index in [2.05, 4.69) is 20.1 Å². The third-order valence-corrected chi connectivity index (χ3v) is 5.73. The zero-order chi connectivity index (χ0) is 20.2. The molecule has 0 aliphatic carbocycles. The lowest BCUT2D eigenvalue weighted by Gasteiger charge is -2.08. The number of hydrogen-bond donors (Lipinski definition) is 0. The van der Waals surface area contributed by atoms with Crippen LogP contribution in [0, 0.1) is 13.8 Å². The second kappa shape index (κ2) is 8.48. The fourth-order valence-electron chi connectivity index (χ4n) is 3.25. The molecule has 0 bridgehead atoms. The van der Waals surface area contributed by atoms with Gasteiger partial charge in [0.25, 0.3) is 0 Å². The zero-order valence-electron chi connectivity index (χ0n) is 16.3. The van der Waals surface area contributed by atoms with Crippen LogP contribution in [0.1, 0.15) is 33.1 Å². The number of aryl methyl sites for hydroxylation is 1. The van der Waals surface area contributed by atoms with Crippen LogP contribution in [0.2, 0.25) is 0 Å². The molecule has 1 aromatic carbocycles. The van der Waals surface area contributed by atoms with Crippen LogP contribution in [0.3, 0.4) is 0 Å². The van der Waals surface area contributed by atoms with Gasteiger partial charge in [0, 0.05) is 17.0 Å². The average Bonchev–Trinajstić information content (AvgIpc) is 3.45. The number of hydrogen-bond acceptors (Lipinski definition) is 6. The lowest BCUT2D eigenvalue weighted by Crippen LogP contribution is -2.09. The summed E-state index contributed by atoms with van der Waals surface area (Å²) in [7, 11) is 0. The van der Waals surface area contributed by atoms with Crippen molar-refractivity contribution in [2.75, 3.05) is 5.75 Å². The van der Waals surface area contributed by atoms with Crippen molar-refractivity contribution in [3.63, 3.8) is 0 Å². The van der Waals surface area contributed by atoms with Crippen molar-refractivity contribution in [3.05, 3.63) is 83.1 Å². The Labute approximate surface area is 172 Å². The minimum atomic E-state index is 0.0584. The predicted octanol–water partition coefficient (Wildman–Crippen LogP) is 3.76. The molecule has 0 aliphatic heterocycles. The fraction of sp³-hybridized carbons (Fsp3) is 0.238. The van der Waals surface area contributed by atoms with Crippen LogP contribution in [0.4, 0.5) is 0 Å². The van der Waals surface area contributed by atoms with Gasteiger partial charge >= 0.3 is 0 Å². The van der Waals surface area contributed by atoms with Crippen molar-refractivity contribution >= 4 is 17.5 Å². The van der Waals surface area contributed by atoms with Crippen molar-refractivity contribution in [2.45, 2.75) is 32.1 Å². The highest BCUT2D eigenvalue weighted by Gasteiger charge is 2.18. The highest BCUT2D eigenvalue weighted by Crippen LogP contribution is 2.22. The highest BCUT2D eigenvalue weighted by molar-refractivity contribution is 7.99. The number of carbonyl (C=O) groups excluding carboxylic acids is 1. The number of tetrazole rings is 1. The number of thioether (sulfide) groups is 1. The number of aromatic nitrogens is 5. The van der Waals surface area contributed by atoms with E-state index in [0.717, 1.165) is 28.3 Å². The van der Waals surface area contributed by atoms with E-state index in [9.17, 15) is 4.79 Å². The molecule has 0 saturated heterocycles. The Morgan fingerprint density at radius 3 is 2.69 bits per heavy atom. The van der Waals surface area contributed by atoms with Crippen LogP contribution in [0.15, 0.2) is 64.4 Å². The summed E-state index contributed by atoms with van der Waals surface area (Å²) in [6.07, 6.45) is 1.66. The zero-order valence-corrected chi connectivity index (χ0v) is 17.1. The summed E-state index contributed by atoms with van der Waals surface area (Å²) in [5.41, 5.74) is 3.80. The third-order valence-electron chi connectivity index (χ3n) is 4.77. The molecule has 0 amide bonds. The number of rotatable bonds is 8. The van der Waals surface area contributed by atoms with Crippen LogP contribution in [0.5, 0.6) is 0 Å². The molecular weight excluding hydrogens is 386 g/mol. The van der Waals surface area contributed by atoms with Crippen LogP contribution in [-0.2, 0) is 13.1 Å². The summed E-state index contributed by atoms with van der Waals surface area (Å²) in [4.78, 5) is 12.9. The molecule has 8 heteroatoms. The Bertz CT molecular complexity index is 1100. The summed E-state index contributed by atoms with van der Waals surface area (Å²) < 4.78 is 9.25. The van der Waals surface area contributed by atoms with Crippen molar-refractivity contribution < 1.29 is 9.21 Å². The lowest BCUT2D eigenvalue weighted by atomic mass is 10.2. The number of furan rings is 1. The second-order valence-electron chi connectivity index (χ2n) is 6.77. The molecule has 0 aliphatic rings. The van der Waals surface area contributed by atoms with Gasteiger partial charge in [-0.3, -0.25) is 4.79 Å². The van der Waals surface area contributed by atoms with Gasteiger partial charge in [-0.05, 0) is 48.0 Å². The molecule has 0 spiro atoms. The van der Waals surface area contributed by atoms with Crippen LogP contribution in [-0.4, -0.2) is 36.3 Å². The molecule has 0 saturated carbocycles. The maximum atomic E-state index is 12.9. The van der Waals surface area contributed by atoms with E-state index in [1.165, 1.54) is 11.8 Å². The van der Waals surface area contributed by atoms with Gasteiger partial charge in [0.2, 0.25) is 5.16 Å². The van der Waals surface area contributed by atoms with E-state index in [1.807, 2.05) is 62.4 Å². The minimum Gasteiger partial charge on any atom is -0.467 e. The molecule has 148 valence electrons. The van der Waals surface area contributed by atoms with Gasteiger partial charge in [-0.1, -0.05) is 42.1 Å². The van der Waals surface area contributed by atoms with E-state index in [0.29, 0.717) is 18.2 Å².